The number of benzene rings is 3. The van der Waals surface area contributed by atoms with Crippen LogP contribution in [0.5, 0.6) is 5.75 Å². The lowest BCUT2D eigenvalue weighted by Crippen LogP contribution is -2.47. The van der Waals surface area contributed by atoms with Crippen LogP contribution in [0.3, 0.4) is 0 Å². The van der Waals surface area contributed by atoms with Gasteiger partial charge in [0, 0.05) is 32.6 Å². The molecule has 4 rings (SSSR count). The number of nitrogens with zero attached hydrogens (tertiary/aromatic N) is 2. The average Bonchev–Trinajstić information content (AvgIpc) is 2.74. The standard InChI is InChI=1S/C23H25N3O/c1-27-21-11-9-20(10-12-21)25-23(26-15-13-24-14-16-26)17-19-7-4-6-18-5-2-3-8-22(18)19/h2-12,24H,13-17H2,1H3. The van der Waals surface area contributed by atoms with Gasteiger partial charge < -0.3 is 15.0 Å². The zero-order valence-corrected chi connectivity index (χ0v) is 15.7. The maximum absolute atomic E-state index is 5.27. The summed E-state index contributed by atoms with van der Waals surface area (Å²) in [5, 5.41) is 6.01. The Balaban J connectivity index is 1.69. The van der Waals surface area contributed by atoms with Gasteiger partial charge in [-0.2, -0.15) is 0 Å². The number of rotatable bonds is 4. The van der Waals surface area contributed by atoms with Gasteiger partial charge in [-0.25, -0.2) is 4.99 Å². The van der Waals surface area contributed by atoms with Crippen molar-refractivity contribution in [3.05, 3.63) is 72.3 Å². The third-order valence-electron chi connectivity index (χ3n) is 5.04. The zero-order chi connectivity index (χ0) is 18.5. The fourth-order valence-electron chi connectivity index (χ4n) is 3.57. The number of hydrogen-bond donors (Lipinski definition) is 1. The Kier molecular flexibility index (Phi) is 5.35. The predicted octanol–water partition coefficient (Wildman–Crippen LogP) is 4.03. The molecule has 0 bridgehead atoms. The average molecular weight is 359 g/mol. The largest absolute Gasteiger partial charge is 0.497 e. The van der Waals surface area contributed by atoms with E-state index in [9.17, 15) is 0 Å². The first-order valence-electron chi connectivity index (χ1n) is 9.47. The van der Waals surface area contributed by atoms with E-state index in [1.807, 2.05) is 24.3 Å². The van der Waals surface area contributed by atoms with Crippen molar-refractivity contribution >= 4 is 22.3 Å². The fourth-order valence-corrected chi connectivity index (χ4v) is 3.57. The minimum Gasteiger partial charge on any atom is -0.497 e. The lowest BCUT2D eigenvalue weighted by Gasteiger charge is -2.31. The zero-order valence-electron chi connectivity index (χ0n) is 15.7. The molecule has 4 nitrogen and oxygen atoms in total. The van der Waals surface area contributed by atoms with Crippen LogP contribution >= 0.6 is 0 Å². The number of methoxy groups -OCH3 is 1. The first kappa shape index (κ1) is 17.6. The van der Waals surface area contributed by atoms with Gasteiger partial charge in [0.1, 0.15) is 11.6 Å². The molecule has 0 atom stereocenters. The summed E-state index contributed by atoms with van der Waals surface area (Å²) >= 11 is 0. The molecule has 4 heteroatoms. The van der Waals surface area contributed by atoms with Crippen LogP contribution in [0.15, 0.2) is 71.7 Å². The first-order valence-corrected chi connectivity index (χ1v) is 9.47. The summed E-state index contributed by atoms with van der Waals surface area (Å²) in [6.45, 7) is 3.97. The van der Waals surface area contributed by atoms with Gasteiger partial charge in [0.15, 0.2) is 0 Å². The molecule has 0 spiro atoms. The normalized spacial score (nSPS) is 15.1. The Bertz CT molecular complexity index is 923. The third kappa shape index (κ3) is 4.12. The summed E-state index contributed by atoms with van der Waals surface area (Å²) in [5.41, 5.74) is 2.28. The van der Waals surface area contributed by atoms with Crippen molar-refractivity contribution in [2.75, 3.05) is 33.3 Å². The monoisotopic (exact) mass is 359 g/mol. The maximum Gasteiger partial charge on any atom is 0.119 e. The van der Waals surface area contributed by atoms with E-state index in [-0.39, 0.29) is 0 Å². The van der Waals surface area contributed by atoms with Gasteiger partial charge in [0.2, 0.25) is 0 Å². The number of hydrogen-bond acceptors (Lipinski definition) is 3. The quantitative estimate of drug-likeness (QED) is 0.564. The van der Waals surface area contributed by atoms with Crippen LogP contribution in [0.25, 0.3) is 10.8 Å². The Hall–Kier alpha value is -2.85. The fraction of sp³-hybridized carbons (Fsp3) is 0.261. The van der Waals surface area contributed by atoms with E-state index in [1.54, 1.807) is 7.11 Å². The minimum absolute atomic E-state index is 0.827. The van der Waals surface area contributed by atoms with E-state index in [0.717, 1.165) is 49.9 Å². The molecule has 0 saturated carbocycles. The van der Waals surface area contributed by atoms with Gasteiger partial charge >= 0.3 is 0 Å². The first-order chi connectivity index (χ1) is 13.3. The van der Waals surface area contributed by atoms with Crippen molar-refractivity contribution in [2.24, 2.45) is 4.99 Å². The Labute approximate surface area is 160 Å². The summed E-state index contributed by atoms with van der Waals surface area (Å²) in [5.74, 6) is 1.98. The number of aliphatic imine (C=N–C) groups is 1. The van der Waals surface area contributed by atoms with E-state index in [4.69, 9.17) is 9.73 Å². The molecule has 1 fully saturated rings. The summed E-state index contributed by atoms with van der Waals surface area (Å²) in [6.07, 6.45) is 0.827. The topological polar surface area (TPSA) is 36.9 Å². The van der Waals surface area contributed by atoms with Crippen LogP contribution in [0.2, 0.25) is 0 Å². The second-order valence-corrected chi connectivity index (χ2v) is 6.78. The molecule has 138 valence electrons. The number of nitrogens with one attached hydrogen (secondary N) is 1. The van der Waals surface area contributed by atoms with Gasteiger partial charge in [-0.05, 0) is 40.6 Å². The molecule has 1 N–H and O–H groups in total. The molecule has 0 radical (unpaired) electrons. The van der Waals surface area contributed by atoms with E-state index in [1.165, 1.54) is 16.3 Å². The molecule has 27 heavy (non-hydrogen) atoms. The van der Waals surface area contributed by atoms with E-state index in [0.29, 0.717) is 0 Å². The van der Waals surface area contributed by atoms with Gasteiger partial charge in [0.05, 0.1) is 12.8 Å². The van der Waals surface area contributed by atoms with E-state index < -0.39 is 0 Å². The van der Waals surface area contributed by atoms with Crippen molar-refractivity contribution in [2.45, 2.75) is 6.42 Å². The molecule has 3 aromatic rings. The predicted molar refractivity (Wildman–Crippen MR) is 112 cm³/mol. The summed E-state index contributed by atoms with van der Waals surface area (Å²) in [7, 11) is 1.69. The molecule has 1 saturated heterocycles. The molecule has 3 aromatic carbocycles. The lowest BCUT2D eigenvalue weighted by molar-refractivity contribution is 0.353. The van der Waals surface area contributed by atoms with Crippen molar-refractivity contribution in [1.82, 2.24) is 10.2 Å². The third-order valence-corrected chi connectivity index (χ3v) is 5.04. The highest BCUT2D eigenvalue weighted by atomic mass is 16.5. The van der Waals surface area contributed by atoms with Gasteiger partial charge in [-0.3, -0.25) is 0 Å². The smallest absolute Gasteiger partial charge is 0.119 e. The van der Waals surface area contributed by atoms with Crippen molar-refractivity contribution < 1.29 is 4.74 Å². The van der Waals surface area contributed by atoms with Crippen LogP contribution in [0.4, 0.5) is 5.69 Å². The van der Waals surface area contributed by atoms with Crippen molar-refractivity contribution in [3.8, 4) is 5.75 Å². The number of ether oxygens (including phenoxy) is 1. The second-order valence-electron chi connectivity index (χ2n) is 6.78. The van der Waals surface area contributed by atoms with Crippen LogP contribution < -0.4 is 10.1 Å². The van der Waals surface area contributed by atoms with E-state index in [2.05, 4.69) is 52.7 Å². The van der Waals surface area contributed by atoms with Gasteiger partial charge in [-0.15, -0.1) is 0 Å². The van der Waals surface area contributed by atoms with Crippen molar-refractivity contribution in [3.63, 3.8) is 0 Å². The molecule has 0 unspecified atom stereocenters. The highest BCUT2D eigenvalue weighted by molar-refractivity contribution is 5.93. The Morgan fingerprint density at radius 1 is 0.963 bits per heavy atom. The van der Waals surface area contributed by atoms with Crippen LogP contribution in [0, 0.1) is 0 Å². The molecule has 0 aromatic heterocycles. The minimum atomic E-state index is 0.827. The maximum atomic E-state index is 5.27. The summed E-state index contributed by atoms with van der Waals surface area (Å²) < 4.78 is 5.27. The van der Waals surface area contributed by atoms with Gasteiger partial charge in [0.25, 0.3) is 0 Å². The molecule has 1 aliphatic rings. The van der Waals surface area contributed by atoms with Gasteiger partial charge in [-0.1, -0.05) is 42.5 Å². The van der Waals surface area contributed by atoms with Crippen LogP contribution in [0.1, 0.15) is 5.56 Å². The number of fused-ring (bicyclic) bond motifs is 1. The molecule has 1 aliphatic heterocycles. The molecule has 1 heterocycles. The Morgan fingerprint density at radius 3 is 2.48 bits per heavy atom. The summed E-state index contributed by atoms with van der Waals surface area (Å²) in [4.78, 5) is 7.42. The SMILES string of the molecule is COc1ccc(N=C(Cc2cccc3ccccc23)N2CCNCC2)cc1. The molecular weight excluding hydrogens is 334 g/mol. The molecule has 0 aliphatic carbocycles. The highest BCUT2D eigenvalue weighted by Crippen LogP contribution is 2.22. The lowest BCUT2D eigenvalue weighted by atomic mass is 10.0. The van der Waals surface area contributed by atoms with Crippen molar-refractivity contribution in [1.29, 1.82) is 0 Å². The number of piperazine rings is 1. The highest BCUT2D eigenvalue weighted by Gasteiger charge is 2.16. The van der Waals surface area contributed by atoms with E-state index >= 15 is 0 Å². The number of amidine groups is 1. The van der Waals surface area contributed by atoms with Crippen LogP contribution in [-0.4, -0.2) is 44.0 Å². The second kappa shape index (κ2) is 8.23. The molecule has 0 amide bonds. The van der Waals surface area contributed by atoms with Crippen LogP contribution in [-0.2, 0) is 6.42 Å². The molecular formula is C23H25N3O. The summed E-state index contributed by atoms with van der Waals surface area (Å²) in [6, 6.07) is 23.1. The Morgan fingerprint density at radius 2 is 1.70 bits per heavy atom.